The fourth-order valence-electron chi connectivity index (χ4n) is 3.23. The normalized spacial score (nSPS) is 23.2. The molecule has 1 aromatic carbocycles. The number of hydrogen-bond acceptors (Lipinski definition) is 7. The van der Waals surface area contributed by atoms with Gasteiger partial charge < -0.3 is 14.2 Å². The summed E-state index contributed by atoms with van der Waals surface area (Å²) in [5.74, 6) is -1.10. The number of ether oxygens (including phenoxy) is 3. The van der Waals surface area contributed by atoms with Crippen LogP contribution in [0.1, 0.15) is 34.6 Å². The lowest BCUT2D eigenvalue weighted by Crippen LogP contribution is -2.45. The molecule has 1 unspecified atom stereocenters. The number of halogens is 1. The van der Waals surface area contributed by atoms with Crippen LogP contribution in [0.25, 0.3) is 0 Å². The number of carbonyl (C=O) groups is 2. The number of sulfone groups is 1. The SMILES string of the molecule is COC(=O)[C@@H]1[C@H](C)[C@@H](OC(C)S(=O)(=O)c2ccc(Br)cc2)CN1C(=O)OC(C)(C)C. The van der Waals surface area contributed by atoms with Gasteiger partial charge in [-0.25, -0.2) is 18.0 Å². The Labute approximate surface area is 185 Å². The van der Waals surface area contributed by atoms with E-state index in [0.29, 0.717) is 0 Å². The van der Waals surface area contributed by atoms with Crippen LogP contribution in [0, 0.1) is 5.92 Å². The van der Waals surface area contributed by atoms with Crippen molar-refractivity contribution in [1.82, 2.24) is 4.90 Å². The van der Waals surface area contributed by atoms with Crippen molar-refractivity contribution >= 4 is 37.8 Å². The molecule has 1 amide bonds. The fourth-order valence-corrected chi connectivity index (χ4v) is 4.69. The molecule has 168 valence electrons. The van der Waals surface area contributed by atoms with Crippen LogP contribution in [0.2, 0.25) is 0 Å². The van der Waals surface area contributed by atoms with Gasteiger partial charge in [0.05, 0.1) is 24.7 Å². The molecule has 0 aromatic heterocycles. The van der Waals surface area contributed by atoms with Crippen molar-refractivity contribution in [3.05, 3.63) is 28.7 Å². The summed E-state index contributed by atoms with van der Waals surface area (Å²) in [6.45, 7) is 8.33. The van der Waals surface area contributed by atoms with Crippen LogP contribution < -0.4 is 0 Å². The molecule has 1 heterocycles. The van der Waals surface area contributed by atoms with Crippen molar-refractivity contribution in [3.63, 3.8) is 0 Å². The summed E-state index contributed by atoms with van der Waals surface area (Å²) in [6.07, 6.45) is -1.37. The lowest BCUT2D eigenvalue weighted by molar-refractivity contribution is -0.147. The first kappa shape index (κ1) is 24.6. The van der Waals surface area contributed by atoms with E-state index < -0.39 is 51.0 Å². The first-order valence-corrected chi connectivity index (χ1v) is 11.8. The highest BCUT2D eigenvalue weighted by Crippen LogP contribution is 2.31. The molecule has 10 heteroatoms. The number of carbonyl (C=O) groups excluding carboxylic acids is 2. The molecular formula is C20H28BrNO7S. The third-order valence-electron chi connectivity index (χ3n) is 4.81. The van der Waals surface area contributed by atoms with Gasteiger partial charge in [0.15, 0.2) is 5.44 Å². The molecule has 30 heavy (non-hydrogen) atoms. The molecular weight excluding hydrogens is 478 g/mol. The fraction of sp³-hybridized carbons (Fsp3) is 0.600. The van der Waals surface area contributed by atoms with Gasteiger partial charge in [0.25, 0.3) is 0 Å². The number of likely N-dealkylation sites (tertiary alicyclic amines) is 1. The van der Waals surface area contributed by atoms with Crippen molar-refractivity contribution in [1.29, 1.82) is 0 Å². The van der Waals surface area contributed by atoms with Gasteiger partial charge in [-0.1, -0.05) is 22.9 Å². The van der Waals surface area contributed by atoms with Crippen molar-refractivity contribution < 1.29 is 32.2 Å². The van der Waals surface area contributed by atoms with Crippen molar-refractivity contribution in [3.8, 4) is 0 Å². The van der Waals surface area contributed by atoms with Crippen LogP contribution in [0.4, 0.5) is 4.79 Å². The average molecular weight is 506 g/mol. The first-order chi connectivity index (χ1) is 13.8. The summed E-state index contributed by atoms with van der Waals surface area (Å²) in [4.78, 5) is 26.3. The van der Waals surface area contributed by atoms with Crippen LogP contribution >= 0.6 is 15.9 Å². The molecule has 0 aliphatic carbocycles. The maximum Gasteiger partial charge on any atom is 0.411 e. The van der Waals surface area contributed by atoms with Gasteiger partial charge in [-0.15, -0.1) is 0 Å². The second-order valence-electron chi connectivity index (χ2n) is 8.20. The quantitative estimate of drug-likeness (QED) is 0.565. The second-order valence-corrected chi connectivity index (χ2v) is 11.3. The zero-order valence-corrected chi connectivity index (χ0v) is 20.3. The Balaban J connectivity index is 2.23. The third kappa shape index (κ3) is 5.53. The first-order valence-electron chi connectivity index (χ1n) is 9.50. The zero-order chi connectivity index (χ0) is 22.9. The molecule has 0 spiro atoms. The number of benzene rings is 1. The molecule has 0 N–H and O–H groups in total. The lowest BCUT2D eigenvalue weighted by atomic mass is 10.0. The molecule has 4 atom stereocenters. The zero-order valence-electron chi connectivity index (χ0n) is 17.9. The summed E-state index contributed by atoms with van der Waals surface area (Å²) in [5, 5.41) is 0. The Morgan fingerprint density at radius 3 is 2.27 bits per heavy atom. The monoisotopic (exact) mass is 505 g/mol. The molecule has 8 nitrogen and oxygen atoms in total. The van der Waals surface area contributed by atoms with Gasteiger partial charge in [0, 0.05) is 10.4 Å². The summed E-state index contributed by atoms with van der Waals surface area (Å²) >= 11 is 3.28. The molecule has 1 aromatic rings. The van der Waals surface area contributed by atoms with Gasteiger partial charge in [0.2, 0.25) is 9.84 Å². The number of amides is 1. The predicted molar refractivity (Wildman–Crippen MR) is 114 cm³/mol. The van der Waals surface area contributed by atoms with E-state index in [9.17, 15) is 18.0 Å². The maximum atomic E-state index is 12.9. The third-order valence-corrected chi connectivity index (χ3v) is 7.26. The minimum atomic E-state index is -3.77. The standard InChI is InChI=1S/C20H28BrNO7S/c1-12-16(28-13(2)30(25,26)15-9-7-14(21)8-10-15)11-22(17(12)18(23)27-6)19(24)29-20(3,4)5/h7-10,12-13,16-17H,11H2,1-6H3/t12-,13?,16+,17+/m1/s1. The van der Waals surface area contributed by atoms with E-state index in [2.05, 4.69) is 15.9 Å². The van der Waals surface area contributed by atoms with Gasteiger partial charge >= 0.3 is 12.1 Å². The number of nitrogens with zero attached hydrogens (tertiary/aromatic N) is 1. The summed E-state index contributed by atoms with van der Waals surface area (Å²) < 4.78 is 42.6. The topological polar surface area (TPSA) is 99.2 Å². The lowest BCUT2D eigenvalue weighted by Gasteiger charge is -2.28. The summed E-state index contributed by atoms with van der Waals surface area (Å²) in [6, 6.07) is 5.31. The van der Waals surface area contributed by atoms with Gasteiger partial charge in [-0.3, -0.25) is 4.90 Å². The molecule has 0 radical (unpaired) electrons. The largest absolute Gasteiger partial charge is 0.467 e. The van der Waals surface area contributed by atoms with E-state index in [-0.39, 0.29) is 11.4 Å². The number of rotatable bonds is 5. The summed E-state index contributed by atoms with van der Waals surface area (Å²) in [5.41, 5.74) is -1.93. The van der Waals surface area contributed by atoms with Gasteiger partial charge in [-0.05, 0) is 52.0 Å². The Bertz CT molecular complexity index is 879. The van der Waals surface area contributed by atoms with E-state index >= 15 is 0 Å². The van der Waals surface area contributed by atoms with Crippen LogP contribution in [-0.2, 0) is 28.8 Å². The maximum absolute atomic E-state index is 12.9. The molecule has 1 saturated heterocycles. The molecule has 0 bridgehead atoms. The second kappa shape index (κ2) is 9.23. The van der Waals surface area contributed by atoms with Crippen LogP contribution in [-0.4, -0.2) is 62.2 Å². The minimum absolute atomic E-state index is 0.00996. The number of esters is 1. The van der Waals surface area contributed by atoms with Crippen molar-refractivity contribution in [2.75, 3.05) is 13.7 Å². The van der Waals surface area contributed by atoms with E-state index in [1.54, 1.807) is 39.8 Å². The highest BCUT2D eigenvalue weighted by Gasteiger charge is 2.49. The Morgan fingerprint density at radius 2 is 1.77 bits per heavy atom. The Kier molecular flexibility index (Phi) is 7.58. The summed E-state index contributed by atoms with van der Waals surface area (Å²) in [7, 11) is -2.54. The van der Waals surface area contributed by atoms with Gasteiger partial charge in [-0.2, -0.15) is 0 Å². The smallest absolute Gasteiger partial charge is 0.411 e. The highest BCUT2D eigenvalue weighted by atomic mass is 79.9. The van der Waals surface area contributed by atoms with Crippen LogP contribution in [0.5, 0.6) is 0 Å². The molecule has 1 aliphatic rings. The van der Waals surface area contributed by atoms with E-state index in [1.165, 1.54) is 31.1 Å². The Morgan fingerprint density at radius 1 is 1.20 bits per heavy atom. The van der Waals surface area contributed by atoms with E-state index in [1.807, 2.05) is 0 Å². The predicted octanol–water partition coefficient (Wildman–Crippen LogP) is 3.38. The van der Waals surface area contributed by atoms with E-state index in [4.69, 9.17) is 14.2 Å². The molecule has 1 aliphatic heterocycles. The van der Waals surface area contributed by atoms with Crippen LogP contribution in [0.3, 0.4) is 0 Å². The van der Waals surface area contributed by atoms with Crippen LogP contribution in [0.15, 0.2) is 33.6 Å². The Hall–Kier alpha value is -1.65. The molecule has 1 fully saturated rings. The van der Waals surface area contributed by atoms with E-state index in [0.717, 1.165) is 4.47 Å². The number of hydrogen-bond donors (Lipinski definition) is 0. The molecule has 0 saturated carbocycles. The highest BCUT2D eigenvalue weighted by molar-refractivity contribution is 9.10. The minimum Gasteiger partial charge on any atom is -0.467 e. The van der Waals surface area contributed by atoms with Gasteiger partial charge in [0.1, 0.15) is 11.6 Å². The van der Waals surface area contributed by atoms with Crippen molar-refractivity contribution in [2.24, 2.45) is 5.92 Å². The van der Waals surface area contributed by atoms with Crippen molar-refractivity contribution in [2.45, 2.75) is 62.7 Å². The molecule has 2 rings (SSSR count). The number of methoxy groups -OCH3 is 1. The average Bonchev–Trinajstić information content (AvgIpc) is 2.96.